The highest BCUT2D eigenvalue weighted by atomic mass is 16.3. The smallest absolute Gasteiger partial charge is 0.123 e. The van der Waals surface area contributed by atoms with Crippen molar-refractivity contribution in [2.24, 2.45) is 5.92 Å². The molecule has 3 atom stereocenters. The highest BCUT2D eigenvalue weighted by Gasteiger charge is 2.23. The van der Waals surface area contributed by atoms with E-state index in [1.54, 1.807) is 0 Å². The van der Waals surface area contributed by atoms with Gasteiger partial charge in [0, 0.05) is 11.5 Å². The summed E-state index contributed by atoms with van der Waals surface area (Å²) >= 11 is 0. The Kier molecular flexibility index (Phi) is 9.83. The molecule has 1 aromatic carbocycles. The summed E-state index contributed by atoms with van der Waals surface area (Å²) in [7, 11) is 0. The zero-order valence-electron chi connectivity index (χ0n) is 17.8. The predicted octanol–water partition coefficient (Wildman–Crippen LogP) is 7.66. The van der Waals surface area contributed by atoms with E-state index in [-0.39, 0.29) is 17.4 Å². The zero-order valence-corrected chi connectivity index (χ0v) is 17.8. The van der Waals surface area contributed by atoms with Crippen molar-refractivity contribution >= 4 is 0 Å². The number of hydrogen-bond donors (Lipinski definition) is 2. The van der Waals surface area contributed by atoms with Crippen molar-refractivity contribution in [3.8, 4) is 11.5 Å². The number of unbranched alkanes of at least 4 members (excludes halogenated alkanes) is 1. The summed E-state index contributed by atoms with van der Waals surface area (Å²) in [5.41, 5.74) is 3.11. The van der Waals surface area contributed by atoms with Gasteiger partial charge in [-0.25, -0.2) is 0 Å². The van der Waals surface area contributed by atoms with E-state index < -0.39 is 0 Å². The van der Waals surface area contributed by atoms with Crippen LogP contribution in [0.1, 0.15) is 109 Å². The molecule has 0 spiro atoms. The molecular formula is C24H40O2. The first-order valence-corrected chi connectivity index (χ1v) is 10.6. The largest absolute Gasteiger partial charge is 0.507 e. The lowest BCUT2D eigenvalue weighted by Gasteiger charge is -2.24. The quantitative estimate of drug-likeness (QED) is 0.511. The summed E-state index contributed by atoms with van der Waals surface area (Å²) in [4.78, 5) is 0. The number of allylic oxidation sites excluding steroid dienone is 2. The Hall–Kier alpha value is -1.44. The molecule has 0 aliphatic heterocycles. The van der Waals surface area contributed by atoms with Crippen LogP contribution in [0.3, 0.4) is 0 Å². The highest BCUT2D eigenvalue weighted by molar-refractivity contribution is 5.51. The number of aromatic hydroxyl groups is 2. The third kappa shape index (κ3) is 6.37. The van der Waals surface area contributed by atoms with Gasteiger partial charge in [-0.1, -0.05) is 72.0 Å². The van der Waals surface area contributed by atoms with Crippen LogP contribution in [0.15, 0.2) is 23.8 Å². The first-order valence-electron chi connectivity index (χ1n) is 10.6. The van der Waals surface area contributed by atoms with Gasteiger partial charge in [-0.3, -0.25) is 0 Å². The van der Waals surface area contributed by atoms with E-state index in [0.29, 0.717) is 17.4 Å². The molecule has 0 amide bonds. The minimum atomic E-state index is 0.144. The van der Waals surface area contributed by atoms with Gasteiger partial charge < -0.3 is 10.2 Å². The van der Waals surface area contributed by atoms with Gasteiger partial charge in [0.25, 0.3) is 0 Å². The Bertz CT molecular complexity index is 551. The average Bonchev–Trinajstić information content (AvgIpc) is 2.59. The second-order valence-corrected chi connectivity index (χ2v) is 8.10. The molecular weight excluding hydrogens is 320 g/mol. The van der Waals surface area contributed by atoms with E-state index in [0.717, 1.165) is 24.8 Å². The van der Waals surface area contributed by atoms with E-state index in [1.807, 2.05) is 12.1 Å². The lowest BCUT2D eigenvalue weighted by Crippen LogP contribution is -2.08. The molecule has 148 valence electrons. The fourth-order valence-corrected chi connectivity index (χ4v) is 3.73. The van der Waals surface area contributed by atoms with Crippen molar-refractivity contribution in [3.05, 3.63) is 34.9 Å². The summed E-state index contributed by atoms with van der Waals surface area (Å²) < 4.78 is 0. The molecule has 0 bridgehead atoms. The van der Waals surface area contributed by atoms with E-state index in [4.69, 9.17) is 0 Å². The summed E-state index contributed by atoms with van der Waals surface area (Å²) in [6.45, 7) is 13.0. The Balaban J connectivity index is 0.00000105. The molecule has 2 heteroatoms. The molecule has 0 heterocycles. The molecule has 2 nitrogen and oxygen atoms in total. The second-order valence-electron chi connectivity index (χ2n) is 8.10. The molecule has 26 heavy (non-hydrogen) atoms. The van der Waals surface area contributed by atoms with Gasteiger partial charge in [-0.05, 0) is 55.7 Å². The van der Waals surface area contributed by atoms with Crippen molar-refractivity contribution < 1.29 is 10.2 Å². The molecule has 1 aromatic rings. The maximum absolute atomic E-state index is 10.5. The molecule has 0 radical (unpaired) electrons. The Labute approximate surface area is 161 Å². The van der Waals surface area contributed by atoms with Crippen molar-refractivity contribution in [3.63, 3.8) is 0 Å². The Morgan fingerprint density at radius 1 is 1.08 bits per heavy atom. The number of rotatable bonds is 6. The van der Waals surface area contributed by atoms with Gasteiger partial charge in [0.1, 0.15) is 11.5 Å². The molecule has 0 aromatic heterocycles. The first-order chi connectivity index (χ1) is 12.3. The van der Waals surface area contributed by atoms with Crippen LogP contribution in [0, 0.1) is 5.92 Å². The van der Waals surface area contributed by atoms with E-state index >= 15 is 0 Å². The van der Waals surface area contributed by atoms with Crippen LogP contribution in [-0.4, -0.2) is 10.2 Å². The van der Waals surface area contributed by atoms with Gasteiger partial charge >= 0.3 is 0 Å². The Morgan fingerprint density at radius 3 is 2.15 bits per heavy atom. The van der Waals surface area contributed by atoms with Crippen molar-refractivity contribution in [1.82, 2.24) is 0 Å². The molecule has 0 saturated heterocycles. The van der Waals surface area contributed by atoms with Crippen LogP contribution < -0.4 is 0 Å². The van der Waals surface area contributed by atoms with Crippen LogP contribution in [0.2, 0.25) is 0 Å². The van der Waals surface area contributed by atoms with Crippen LogP contribution in [0.5, 0.6) is 11.5 Å². The minimum Gasteiger partial charge on any atom is -0.507 e. The van der Waals surface area contributed by atoms with Crippen molar-refractivity contribution in [2.75, 3.05) is 0 Å². The van der Waals surface area contributed by atoms with Crippen molar-refractivity contribution in [2.45, 2.75) is 98.3 Å². The van der Waals surface area contributed by atoms with Gasteiger partial charge in [0.05, 0.1) is 0 Å². The number of phenolic OH excluding ortho intramolecular Hbond substituents is 2. The molecule has 1 aliphatic rings. The second kappa shape index (κ2) is 11.3. The van der Waals surface area contributed by atoms with Crippen molar-refractivity contribution in [1.29, 1.82) is 0 Å². The topological polar surface area (TPSA) is 40.5 Å². The van der Waals surface area contributed by atoms with Crippen LogP contribution in [0.25, 0.3) is 0 Å². The highest BCUT2D eigenvalue weighted by Crippen LogP contribution is 2.43. The zero-order chi connectivity index (χ0) is 19.7. The maximum Gasteiger partial charge on any atom is 0.123 e. The predicted molar refractivity (Wildman–Crippen MR) is 113 cm³/mol. The average molecular weight is 361 g/mol. The summed E-state index contributed by atoms with van der Waals surface area (Å²) in [6.07, 6.45) is 10.3. The maximum atomic E-state index is 10.5. The first kappa shape index (κ1) is 22.6. The van der Waals surface area contributed by atoms with Gasteiger partial charge in [-0.2, -0.15) is 0 Å². The van der Waals surface area contributed by atoms with E-state index in [1.165, 1.54) is 31.3 Å². The lowest BCUT2D eigenvalue weighted by atomic mass is 9.81. The minimum absolute atomic E-state index is 0.144. The fourth-order valence-electron chi connectivity index (χ4n) is 3.73. The van der Waals surface area contributed by atoms with Gasteiger partial charge in [0.2, 0.25) is 0 Å². The molecule has 3 unspecified atom stereocenters. The summed E-state index contributed by atoms with van der Waals surface area (Å²) in [6, 6.07) is 3.75. The van der Waals surface area contributed by atoms with E-state index in [2.05, 4.69) is 47.6 Å². The van der Waals surface area contributed by atoms with Crippen LogP contribution >= 0.6 is 0 Å². The van der Waals surface area contributed by atoms with E-state index in [9.17, 15) is 10.2 Å². The third-order valence-corrected chi connectivity index (χ3v) is 5.49. The SMILES string of the molecule is CCC.CCCCC(C)C(C)c1cc(O)c(C2C=C(C)CCC2)c(O)c1. The molecule has 1 aliphatic carbocycles. The van der Waals surface area contributed by atoms with Gasteiger partial charge in [-0.15, -0.1) is 0 Å². The summed E-state index contributed by atoms with van der Waals surface area (Å²) in [5, 5.41) is 21.1. The third-order valence-electron chi connectivity index (χ3n) is 5.49. The van der Waals surface area contributed by atoms with Crippen LogP contribution in [-0.2, 0) is 0 Å². The standard InChI is InChI=1S/C21H32O2.C3H8/c1-5-6-9-15(3)16(4)18-12-19(22)21(20(23)13-18)17-10-7-8-14(2)11-17;1-3-2/h11-13,15-17,22-23H,5-10H2,1-4H3;3H2,1-2H3. The van der Waals surface area contributed by atoms with Gasteiger partial charge in [0.15, 0.2) is 0 Å². The number of hydrogen-bond acceptors (Lipinski definition) is 2. The molecule has 2 rings (SSSR count). The van der Waals surface area contributed by atoms with Crippen LogP contribution in [0.4, 0.5) is 0 Å². The molecule has 0 fully saturated rings. The lowest BCUT2D eigenvalue weighted by molar-refractivity contribution is 0.413. The monoisotopic (exact) mass is 360 g/mol. The fraction of sp³-hybridized carbons (Fsp3) is 0.667. The molecule has 2 N–H and O–H groups in total. The normalized spacial score (nSPS) is 19.2. The number of phenols is 2. The number of benzene rings is 1. The summed E-state index contributed by atoms with van der Waals surface area (Å²) in [5.74, 6) is 1.55. The molecule has 0 saturated carbocycles. The Morgan fingerprint density at radius 2 is 1.65 bits per heavy atom.